The first-order valence-corrected chi connectivity index (χ1v) is 21.7. The molecule has 0 aromatic heterocycles. The summed E-state index contributed by atoms with van der Waals surface area (Å²) < 4.78 is 0. The van der Waals surface area contributed by atoms with Crippen molar-refractivity contribution in [3.8, 4) is 0 Å². The molecular weight excluding hydrogens is 711 g/mol. The summed E-state index contributed by atoms with van der Waals surface area (Å²) in [4.78, 5) is 2.48. The molecule has 0 bridgehead atoms. The van der Waals surface area contributed by atoms with Crippen molar-refractivity contribution in [3.05, 3.63) is 220 Å². The van der Waals surface area contributed by atoms with E-state index >= 15 is 0 Å². The highest BCUT2D eigenvalue weighted by atomic mass is 15.1. The van der Waals surface area contributed by atoms with Crippen LogP contribution in [0.15, 0.2) is 181 Å². The largest absolute Gasteiger partial charge is 0.310 e. The Morgan fingerprint density at radius 1 is 0.661 bits per heavy atom. The number of allylic oxidation sites excluding steroid dienone is 18. The van der Waals surface area contributed by atoms with Crippen LogP contribution >= 0.6 is 0 Å². The molecule has 1 nitrogen and oxygen atoms in total. The maximum atomic E-state index is 4.60. The second-order valence-electron chi connectivity index (χ2n) is 17.3. The molecule has 0 N–H and O–H groups in total. The molecule has 0 heterocycles. The predicted molar refractivity (Wildman–Crippen MR) is 257 cm³/mol. The van der Waals surface area contributed by atoms with Crippen molar-refractivity contribution < 1.29 is 0 Å². The van der Waals surface area contributed by atoms with Crippen molar-refractivity contribution in [1.29, 1.82) is 0 Å². The van der Waals surface area contributed by atoms with Crippen molar-refractivity contribution in [2.75, 3.05) is 4.90 Å². The van der Waals surface area contributed by atoms with Gasteiger partial charge in [0, 0.05) is 27.9 Å². The minimum Gasteiger partial charge on any atom is -0.310 e. The Morgan fingerprint density at radius 2 is 1.32 bits per heavy atom. The van der Waals surface area contributed by atoms with Crippen LogP contribution in [-0.4, -0.2) is 0 Å². The summed E-state index contributed by atoms with van der Waals surface area (Å²) in [5, 5.41) is 0. The first kappa shape index (κ1) is 39.9. The minimum absolute atomic E-state index is 0.170. The minimum atomic E-state index is -0.176. The number of benzene rings is 4. The molecule has 0 aliphatic heterocycles. The SMILES string of the molecule is C=C1/C=C\C=C/CC2=C1C1=C(CC2)c2ccc(N(c3ccc(C(/C=C\C)=C/C)cc3)c3ccc4c(c3)C(C)(C)C3=C4Cc4ccccc4C(=C)/C=C\3)cc2C1(C)C.CC. The number of nitrogens with zero attached hydrogens (tertiary/aromatic N) is 1. The lowest BCUT2D eigenvalue weighted by Gasteiger charge is -2.33. The molecule has 5 aliphatic rings. The van der Waals surface area contributed by atoms with E-state index in [0.29, 0.717) is 0 Å². The Balaban J connectivity index is 0.00000238. The van der Waals surface area contributed by atoms with E-state index in [9.17, 15) is 0 Å². The Hall–Kier alpha value is -5.92. The number of anilines is 3. The molecule has 296 valence electrons. The summed E-state index contributed by atoms with van der Waals surface area (Å²) in [6.45, 7) is 26.9. The molecule has 0 saturated heterocycles. The van der Waals surface area contributed by atoms with E-state index in [1.807, 2.05) is 13.8 Å². The highest BCUT2D eigenvalue weighted by Crippen LogP contribution is 2.57. The number of hydrogen-bond acceptors (Lipinski definition) is 1. The van der Waals surface area contributed by atoms with Crippen LogP contribution in [-0.2, 0) is 17.3 Å². The summed E-state index contributed by atoms with van der Waals surface area (Å²) in [5.41, 5.74) is 24.6. The Morgan fingerprint density at radius 3 is 2.02 bits per heavy atom. The quantitative estimate of drug-likeness (QED) is 0.183. The molecule has 4 aromatic carbocycles. The Kier molecular flexibility index (Phi) is 10.6. The monoisotopic (exact) mass is 769 g/mol. The molecule has 0 spiro atoms. The molecule has 0 fully saturated rings. The van der Waals surface area contributed by atoms with Crippen LogP contribution in [0.1, 0.15) is 114 Å². The molecule has 0 atom stereocenters. The fraction of sp³-hybridized carbons (Fsp3) is 0.241. The average molecular weight is 770 g/mol. The van der Waals surface area contributed by atoms with Gasteiger partial charge < -0.3 is 4.90 Å². The third-order valence-electron chi connectivity index (χ3n) is 13.3. The van der Waals surface area contributed by atoms with Crippen LogP contribution in [0.25, 0.3) is 22.3 Å². The van der Waals surface area contributed by atoms with Crippen molar-refractivity contribution >= 4 is 39.4 Å². The molecule has 9 rings (SSSR count). The van der Waals surface area contributed by atoms with Crippen molar-refractivity contribution in [3.63, 3.8) is 0 Å². The molecule has 0 radical (unpaired) electrons. The third kappa shape index (κ3) is 6.66. The Labute approximate surface area is 354 Å². The van der Waals surface area contributed by atoms with Crippen LogP contribution in [0.2, 0.25) is 0 Å². The van der Waals surface area contributed by atoms with E-state index < -0.39 is 0 Å². The van der Waals surface area contributed by atoms with Gasteiger partial charge in [0.2, 0.25) is 0 Å². The average Bonchev–Trinajstić information content (AvgIpc) is 3.59. The normalized spacial score (nSPS) is 20.2. The van der Waals surface area contributed by atoms with Gasteiger partial charge in [0.25, 0.3) is 0 Å². The lowest BCUT2D eigenvalue weighted by molar-refractivity contribution is 0.640. The second kappa shape index (κ2) is 15.7. The zero-order valence-electron chi connectivity index (χ0n) is 36.5. The second-order valence-corrected chi connectivity index (χ2v) is 17.3. The van der Waals surface area contributed by atoms with Gasteiger partial charge in [-0.05, 0) is 159 Å². The standard InChI is InChI=1S/C56H53N.C2H6/c1-9-16-38(10-2)39-22-25-42(26-23-39)57(43-28-31-47-49-33-41-19-14-15-20-45(41)36(3)21-32-50(49)55(5,6)51(47)34-43)44-27-30-46-48-29-24-40-18-13-11-12-17-37(4)53(40)54(48)56(7,8)52(46)35-44;1-2/h9-17,19-23,25-28,30-32,34-35H,3-4,18,24,29,33H2,1-2,5-8H3;1-2H3/b13-11-,16-9-,17-12-,32-21-,38-10+;. The van der Waals surface area contributed by atoms with E-state index in [0.717, 1.165) is 42.5 Å². The summed E-state index contributed by atoms with van der Waals surface area (Å²) in [6.07, 6.45) is 23.9. The zero-order chi connectivity index (χ0) is 41.6. The van der Waals surface area contributed by atoms with Gasteiger partial charge in [-0.25, -0.2) is 0 Å². The molecule has 0 unspecified atom stereocenters. The zero-order valence-corrected chi connectivity index (χ0v) is 36.5. The van der Waals surface area contributed by atoms with Gasteiger partial charge in [0.1, 0.15) is 0 Å². The van der Waals surface area contributed by atoms with Gasteiger partial charge in [-0.2, -0.15) is 0 Å². The number of hydrogen-bond donors (Lipinski definition) is 0. The Bertz CT molecular complexity index is 2650. The van der Waals surface area contributed by atoms with Gasteiger partial charge >= 0.3 is 0 Å². The fourth-order valence-electron chi connectivity index (χ4n) is 10.4. The predicted octanol–water partition coefficient (Wildman–Crippen LogP) is 16.2. The summed E-state index contributed by atoms with van der Waals surface area (Å²) in [5.74, 6) is 0. The summed E-state index contributed by atoms with van der Waals surface area (Å²) in [7, 11) is 0. The van der Waals surface area contributed by atoms with E-state index in [1.165, 1.54) is 89.3 Å². The lowest BCUT2D eigenvalue weighted by Crippen LogP contribution is -2.22. The molecule has 1 heteroatoms. The smallest absolute Gasteiger partial charge is 0.0465 e. The van der Waals surface area contributed by atoms with E-state index in [4.69, 9.17) is 0 Å². The molecule has 59 heavy (non-hydrogen) atoms. The van der Waals surface area contributed by atoms with Gasteiger partial charge in [-0.1, -0.05) is 163 Å². The maximum Gasteiger partial charge on any atom is 0.0465 e. The van der Waals surface area contributed by atoms with Gasteiger partial charge in [-0.3, -0.25) is 0 Å². The van der Waals surface area contributed by atoms with Gasteiger partial charge in [0.15, 0.2) is 0 Å². The molecular formula is C58H59N. The first-order valence-electron chi connectivity index (χ1n) is 21.7. The topological polar surface area (TPSA) is 3.24 Å². The van der Waals surface area contributed by atoms with Gasteiger partial charge in [-0.15, -0.1) is 0 Å². The molecule has 5 aliphatic carbocycles. The number of fused-ring (bicyclic) bond motifs is 6. The van der Waals surface area contributed by atoms with E-state index in [-0.39, 0.29) is 10.8 Å². The van der Waals surface area contributed by atoms with Crippen LogP contribution in [0.5, 0.6) is 0 Å². The van der Waals surface area contributed by atoms with Crippen molar-refractivity contribution in [1.82, 2.24) is 0 Å². The van der Waals surface area contributed by atoms with Crippen LogP contribution in [0, 0.1) is 0 Å². The maximum absolute atomic E-state index is 4.60. The van der Waals surface area contributed by atoms with Crippen LogP contribution in [0.4, 0.5) is 17.1 Å². The molecule has 0 saturated carbocycles. The van der Waals surface area contributed by atoms with Crippen LogP contribution in [0.3, 0.4) is 0 Å². The highest BCUT2D eigenvalue weighted by Gasteiger charge is 2.43. The molecule has 0 amide bonds. The first-order chi connectivity index (χ1) is 28.5. The highest BCUT2D eigenvalue weighted by molar-refractivity contribution is 5.92. The summed E-state index contributed by atoms with van der Waals surface area (Å²) in [6, 6.07) is 32.3. The van der Waals surface area contributed by atoms with Gasteiger partial charge in [0.05, 0.1) is 0 Å². The van der Waals surface area contributed by atoms with Crippen LogP contribution < -0.4 is 4.90 Å². The summed E-state index contributed by atoms with van der Waals surface area (Å²) >= 11 is 0. The molecule has 4 aromatic rings. The van der Waals surface area contributed by atoms with E-state index in [1.54, 1.807) is 0 Å². The fourth-order valence-corrected chi connectivity index (χ4v) is 10.4. The number of rotatable bonds is 5. The van der Waals surface area contributed by atoms with Crippen molar-refractivity contribution in [2.24, 2.45) is 0 Å². The van der Waals surface area contributed by atoms with E-state index in [2.05, 4.69) is 199 Å². The van der Waals surface area contributed by atoms with Crippen molar-refractivity contribution in [2.45, 2.75) is 91.9 Å². The lowest BCUT2D eigenvalue weighted by atomic mass is 9.72. The third-order valence-corrected chi connectivity index (χ3v) is 13.3.